The minimum atomic E-state index is 0.769. The summed E-state index contributed by atoms with van der Waals surface area (Å²) in [4.78, 5) is 4.46. The lowest BCUT2D eigenvalue weighted by Crippen LogP contribution is -2.01. The number of hydrogen-bond acceptors (Lipinski definition) is 4. The van der Waals surface area contributed by atoms with Gasteiger partial charge in [0.05, 0.1) is 17.3 Å². The van der Waals surface area contributed by atoms with Crippen LogP contribution >= 0.6 is 0 Å². The molecular weight excluding hydrogens is 252 g/mol. The molecule has 3 aromatic heterocycles. The summed E-state index contributed by atoms with van der Waals surface area (Å²) in [6, 6.07) is 6.27. The Hall–Kier alpha value is -2.76. The molecule has 4 rings (SSSR count). The molecule has 4 aromatic rings. The van der Waals surface area contributed by atoms with E-state index in [1.807, 2.05) is 4.68 Å². The fourth-order valence-corrected chi connectivity index (χ4v) is 2.48. The van der Waals surface area contributed by atoms with Gasteiger partial charge < -0.3 is 0 Å². The van der Waals surface area contributed by atoms with Gasteiger partial charge >= 0.3 is 0 Å². The van der Waals surface area contributed by atoms with E-state index in [1.165, 1.54) is 5.56 Å². The summed E-state index contributed by atoms with van der Waals surface area (Å²) >= 11 is 0. The SMILES string of the molecule is Cc1ccc(-n2ncc3c2ncn2cnnc32)c(C)c1. The topological polar surface area (TPSA) is 60.9 Å². The number of nitrogens with zero attached hydrogens (tertiary/aromatic N) is 6. The Morgan fingerprint density at radius 1 is 1.05 bits per heavy atom. The van der Waals surface area contributed by atoms with Gasteiger partial charge in [-0.25, -0.2) is 9.67 Å². The van der Waals surface area contributed by atoms with Crippen molar-refractivity contribution in [2.45, 2.75) is 13.8 Å². The monoisotopic (exact) mass is 264 g/mol. The maximum absolute atomic E-state index is 4.46. The highest BCUT2D eigenvalue weighted by Gasteiger charge is 2.12. The molecule has 0 unspecified atom stereocenters. The quantitative estimate of drug-likeness (QED) is 0.528. The number of hydrogen-bond donors (Lipinski definition) is 0. The summed E-state index contributed by atoms with van der Waals surface area (Å²) < 4.78 is 3.63. The van der Waals surface area contributed by atoms with Gasteiger partial charge in [0.15, 0.2) is 11.3 Å². The number of benzene rings is 1. The van der Waals surface area contributed by atoms with E-state index in [0.29, 0.717) is 0 Å². The first kappa shape index (κ1) is 11.1. The fraction of sp³-hybridized carbons (Fsp3) is 0.143. The van der Waals surface area contributed by atoms with Crippen molar-refractivity contribution >= 4 is 16.7 Å². The highest BCUT2D eigenvalue weighted by atomic mass is 15.3. The van der Waals surface area contributed by atoms with Crippen LogP contribution in [0.25, 0.3) is 22.4 Å². The lowest BCUT2D eigenvalue weighted by Gasteiger charge is -2.07. The summed E-state index contributed by atoms with van der Waals surface area (Å²) in [5.41, 5.74) is 4.99. The van der Waals surface area contributed by atoms with Gasteiger partial charge in [-0.05, 0) is 25.5 Å². The maximum Gasteiger partial charge on any atom is 0.174 e. The maximum atomic E-state index is 4.46. The van der Waals surface area contributed by atoms with Crippen molar-refractivity contribution in [1.82, 2.24) is 29.4 Å². The molecule has 0 spiro atoms. The molecule has 0 aliphatic heterocycles. The highest BCUT2D eigenvalue weighted by Crippen LogP contribution is 2.21. The minimum Gasteiger partial charge on any atom is -0.271 e. The van der Waals surface area contributed by atoms with E-state index in [4.69, 9.17) is 0 Å². The molecule has 6 nitrogen and oxygen atoms in total. The van der Waals surface area contributed by atoms with E-state index < -0.39 is 0 Å². The third-order valence-corrected chi connectivity index (χ3v) is 3.44. The first-order chi connectivity index (χ1) is 9.74. The van der Waals surface area contributed by atoms with Gasteiger partial charge in [0.25, 0.3) is 0 Å². The summed E-state index contributed by atoms with van der Waals surface area (Å²) in [6.45, 7) is 4.15. The minimum absolute atomic E-state index is 0.769. The molecular formula is C14H12N6. The third-order valence-electron chi connectivity index (χ3n) is 3.44. The second kappa shape index (κ2) is 3.86. The van der Waals surface area contributed by atoms with Crippen molar-refractivity contribution in [1.29, 1.82) is 0 Å². The van der Waals surface area contributed by atoms with Crippen LogP contribution in [0, 0.1) is 13.8 Å². The van der Waals surface area contributed by atoms with Crippen LogP contribution in [0.3, 0.4) is 0 Å². The molecule has 0 bridgehead atoms. The Morgan fingerprint density at radius 2 is 1.95 bits per heavy atom. The Labute approximate surface area is 114 Å². The lowest BCUT2D eigenvalue weighted by atomic mass is 10.1. The normalized spacial score (nSPS) is 11.5. The van der Waals surface area contributed by atoms with Crippen LogP contribution in [0.5, 0.6) is 0 Å². The number of rotatable bonds is 1. The average Bonchev–Trinajstić information content (AvgIpc) is 3.03. The highest BCUT2D eigenvalue weighted by molar-refractivity contribution is 5.89. The fourth-order valence-electron chi connectivity index (χ4n) is 2.48. The van der Waals surface area contributed by atoms with Crippen molar-refractivity contribution in [2.24, 2.45) is 0 Å². The second-order valence-electron chi connectivity index (χ2n) is 4.89. The van der Waals surface area contributed by atoms with Crippen LogP contribution in [0.15, 0.2) is 37.1 Å². The molecule has 0 aliphatic rings. The first-order valence-corrected chi connectivity index (χ1v) is 6.34. The Bertz CT molecular complexity index is 933. The van der Waals surface area contributed by atoms with Crippen molar-refractivity contribution < 1.29 is 0 Å². The number of aryl methyl sites for hydroxylation is 2. The predicted molar refractivity (Wildman–Crippen MR) is 74.9 cm³/mol. The van der Waals surface area contributed by atoms with Crippen molar-refractivity contribution in [3.63, 3.8) is 0 Å². The van der Waals surface area contributed by atoms with Crippen LogP contribution in [0.4, 0.5) is 0 Å². The molecule has 0 radical (unpaired) electrons. The van der Waals surface area contributed by atoms with Crippen molar-refractivity contribution in [3.8, 4) is 5.69 Å². The molecule has 6 heteroatoms. The van der Waals surface area contributed by atoms with E-state index in [0.717, 1.165) is 27.9 Å². The molecule has 0 aliphatic carbocycles. The van der Waals surface area contributed by atoms with Crippen LogP contribution in [-0.4, -0.2) is 29.4 Å². The standard InChI is InChI=1S/C14H12N6/c1-9-3-4-12(10(2)5-9)20-13-11(6-17-20)14-18-16-8-19(14)7-15-13/h3-8H,1-2H3. The molecule has 3 heterocycles. The van der Waals surface area contributed by atoms with Gasteiger partial charge in [0.1, 0.15) is 12.7 Å². The Kier molecular flexibility index (Phi) is 2.14. The van der Waals surface area contributed by atoms with Gasteiger partial charge in [0.2, 0.25) is 0 Å². The largest absolute Gasteiger partial charge is 0.271 e. The second-order valence-corrected chi connectivity index (χ2v) is 4.89. The molecule has 0 amide bonds. The number of fused-ring (bicyclic) bond motifs is 3. The zero-order chi connectivity index (χ0) is 13.7. The smallest absolute Gasteiger partial charge is 0.174 e. The molecule has 0 fully saturated rings. The van der Waals surface area contributed by atoms with Crippen molar-refractivity contribution in [2.75, 3.05) is 0 Å². The van der Waals surface area contributed by atoms with Crippen LogP contribution < -0.4 is 0 Å². The summed E-state index contributed by atoms with van der Waals surface area (Å²) in [5.74, 6) is 0. The van der Waals surface area contributed by atoms with Gasteiger partial charge in [0, 0.05) is 0 Å². The Morgan fingerprint density at radius 3 is 2.80 bits per heavy atom. The van der Waals surface area contributed by atoms with Gasteiger partial charge in [-0.15, -0.1) is 10.2 Å². The molecule has 1 aromatic carbocycles. The zero-order valence-corrected chi connectivity index (χ0v) is 11.1. The van der Waals surface area contributed by atoms with E-state index >= 15 is 0 Å². The molecule has 20 heavy (non-hydrogen) atoms. The molecule has 0 atom stereocenters. The summed E-state index contributed by atoms with van der Waals surface area (Å²) in [6.07, 6.45) is 5.13. The molecule has 0 saturated heterocycles. The third kappa shape index (κ3) is 1.45. The van der Waals surface area contributed by atoms with E-state index in [9.17, 15) is 0 Å². The number of aromatic nitrogens is 6. The van der Waals surface area contributed by atoms with E-state index in [1.54, 1.807) is 23.3 Å². The first-order valence-electron chi connectivity index (χ1n) is 6.34. The van der Waals surface area contributed by atoms with E-state index in [-0.39, 0.29) is 0 Å². The average molecular weight is 264 g/mol. The van der Waals surface area contributed by atoms with E-state index in [2.05, 4.69) is 52.3 Å². The molecule has 98 valence electrons. The predicted octanol–water partition coefficient (Wildman–Crippen LogP) is 2.08. The van der Waals surface area contributed by atoms with Gasteiger partial charge in [-0.1, -0.05) is 17.7 Å². The lowest BCUT2D eigenvalue weighted by molar-refractivity contribution is 0.885. The zero-order valence-electron chi connectivity index (χ0n) is 11.1. The van der Waals surface area contributed by atoms with Gasteiger partial charge in [-0.2, -0.15) is 5.10 Å². The summed E-state index contributed by atoms with van der Waals surface area (Å²) in [5, 5.41) is 13.4. The van der Waals surface area contributed by atoms with Gasteiger partial charge in [-0.3, -0.25) is 4.40 Å². The van der Waals surface area contributed by atoms with Crippen LogP contribution in [0.1, 0.15) is 11.1 Å². The molecule has 0 N–H and O–H groups in total. The van der Waals surface area contributed by atoms with Crippen LogP contribution in [-0.2, 0) is 0 Å². The van der Waals surface area contributed by atoms with Crippen LogP contribution in [0.2, 0.25) is 0 Å². The summed E-state index contributed by atoms with van der Waals surface area (Å²) in [7, 11) is 0. The van der Waals surface area contributed by atoms with Crippen molar-refractivity contribution in [3.05, 3.63) is 48.2 Å². The molecule has 0 saturated carbocycles. The Balaban J connectivity index is 2.05.